The molecule has 0 atom stereocenters. The zero-order valence-corrected chi connectivity index (χ0v) is 9.99. The Morgan fingerprint density at radius 3 is 2.64 bits per heavy atom. The molecule has 1 nitrogen and oxygen atoms in total. The van der Waals surface area contributed by atoms with Crippen LogP contribution in [0, 0.1) is 11.3 Å². The van der Waals surface area contributed by atoms with Crippen LogP contribution >= 0.6 is 11.8 Å². The van der Waals surface area contributed by atoms with Crippen molar-refractivity contribution in [1.29, 1.82) is 5.26 Å². The predicted octanol–water partition coefficient (Wildman–Crippen LogP) is 4.63. The van der Waals surface area contributed by atoms with E-state index in [-0.39, 0.29) is 0 Å². The second-order valence-electron chi connectivity index (χ2n) is 3.21. The molecule has 0 saturated carbocycles. The number of hydrogen-bond donors (Lipinski definition) is 0. The monoisotopic (exact) mass is 209 g/mol. The van der Waals surface area contributed by atoms with Gasteiger partial charge >= 0.3 is 0 Å². The number of allylic oxidation sites excluding steroid dienone is 3. The second-order valence-corrected chi connectivity index (χ2v) is 4.43. The summed E-state index contributed by atoms with van der Waals surface area (Å²) in [5, 5.41) is 8.86. The molecule has 0 bridgehead atoms. The summed E-state index contributed by atoms with van der Waals surface area (Å²) < 4.78 is 0. The van der Waals surface area contributed by atoms with Crippen LogP contribution in [0.5, 0.6) is 0 Å². The van der Waals surface area contributed by atoms with Crippen LogP contribution in [0.1, 0.15) is 46.0 Å². The van der Waals surface area contributed by atoms with Crippen molar-refractivity contribution in [2.45, 2.75) is 46.0 Å². The van der Waals surface area contributed by atoms with Crippen LogP contribution in [-0.4, -0.2) is 0 Å². The third kappa shape index (κ3) is 6.80. The van der Waals surface area contributed by atoms with Crippen molar-refractivity contribution in [2.24, 2.45) is 0 Å². The lowest BCUT2D eigenvalue weighted by molar-refractivity contribution is 0.814. The Morgan fingerprint density at radius 1 is 1.43 bits per heavy atom. The Kier molecular flexibility index (Phi) is 8.47. The summed E-state index contributed by atoms with van der Waals surface area (Å²) in [7, 11) is 0. The molecule has 78 valence electrons. The van der Waals surface area contributed by atoms with E-state index in [1.165, 1.54) is 18.2 Å². The van der Waals surface area contributed by atoms with Crippen molar-refractivity contribution in [3.05, 3.63) is 22.5 Å². The van der Waals surface area contributed by atoms with Crippen molar-refractivity contribution in [2.75, 3.05) is 0 Å². The van der Waals surface area contributed by atoms with Crippen LogP contribution in [0.2, 0.25) is 0 Å². The van der Waals surface area contributed by atoms with E-state index in [2.05, 4.69) is 26.5 Å². The molecule has 0 heterocycles. The zero-order chi connectivity index (χ0) is 10.8. The van der Waals surface area contributed by atoms with E-state index >= 15 is 0 Å². The molecule has 2 heteroatoms. The van der Waals surface area contributed by atoms with Crippen LogP contribution in [-0.2, 0) is 0 Å². The van der Waals surface area contributed by atoms with Gasteiger partial charge in [-0.2, -0.15) is 5.26 Å². The zero-order valence-electron chi connectivity index (χ0n) is 9.18. The molecule has 0 saturated heterocycles. The predicted molar refractivity (Wildman–Crippen MR) is 64.9 cm³/mol. The number of rotatable bonds is 7. The van der Waals surface area contributed by atoms with Crippen molar-refractivity contribution >= 4 is 11.8 Å². The van der Waals surface area contributed by atoms with Crippen molar-refractivity contribution < 1.29 is 0 Å². The number of unbranched alkanes of at least 4 members (excludes halogenated alkanes) is 2. The fourth-order valence-electron chi connectivity index (χ4n) is 1.03. The van der Waals surface area contributed by atoms with Gasteiger partial charge in [-0.15, -0.1) is 0 Å². The minimum absolute atomic E-state index is 0.803. The fraction of sp³-hybridized carbons (Fsp3) is 0.583. The highest BCUT2D eigenvalue weighted by molar-refractivity contribution is 8.06. The summed E-state index contributed by atoms with van der Waals surface area (Å²) in [6.45, 7) is 8.21. The Labute approximate surface area is 91.9 Å². The normalized spacial score (nSPS) is 11.1. The van der Waals surface area contributed by atoms with Crippen LogP contribution in [0.25, 0.3) is 0 Å². The van der Waals surface area contributed by atoms with Crippen LogP contribution in [0.4, 0.5) is 0 Å². The van der Waals surface area contributed by atoms with Gasteiger partial charge in [0.1, 0.15) is 6.07 Å². The van der Waals surface area contributed by atoms with Gasteiger partial charge in [0, 0.05) is 0 Å². The first kappa shape index (κ1) is 13.3. The number of nitrogens with zero attached hydrogens (tertiary/aromatic N) is 1. The summed E-state index contributed by atoms with van der Waals surface area (Å²) in [6, 6.07) is 2.21. The lowest BCUT2D eigenvalue weighted by Gasteiger charge is -2.01. The second kappa shape index (κ2) is 8.90. The molecular formula is C12H19NS. The van der Waals surface area contributed by atoms with Gasteiger partial charge in [0.15, 0.2) is 0 Å². The molecule has 14 heavy (non-hydrogen) atoms. The number of thioether (sulfide) groups is 1. The van der Waals surface area contributed by atoms with Crippen LogP contribution in [0.3, 0.4) is 0 Å². The molecule has 0 rings (SSSR count). The van der Waals surface area contributed by atoms with Crippen LogP contribution in [0.15, 0.2) is 22.5 Å². The molecule has 0 spiro atoms. The van der Waals surface area contributed by atoms with E-state index in [0.29, 0.717) is 0 Å². The Balaban J connectivity index is 3.96. The van der Waals surface area contributed by atoms with E-state index in [9.17, 15) is 0 Å². The lowest BCUT2D eigenvalue weighted by atomic mass is 10.2. The van der Waals surface area contributed by atoms with Gasteiger partial charge < -0.3 is 0 Å². The van der Waals surface area contributed by atoms with Gasteiger partial charge in [-0.25, -0.2) is 0 Å². The van der Waals surface area contributed by atoms with E-state index in [1.807, 2.05) is 6.08 Å². The highest BCUT2D eigenvalue weighted by atomic mass is 32.2. The smallest absolute Gasteiger partial charge is 0.106 e. The van der Waals surface area contributed by atoms with Gasteiger partial charge in [0.2, 0.25) is 0 Å². The SMILES string of the molecule is C=C(CCC)S/C(C#N)=C\CCCC. The molecule has 0 aliphatic heterocycles. The van der Waals surface area contributed by atoms with Gasteiger partial charge in [0.25, 0.3) is 0 Å². The summed E-state index contributed by atoms with van der Waals surface area (Å²) in [4.78, 5) is 1.90. The number of hydrogen-bond acceptors (Lipinski definition) is 2. The highest BCUT2D eigenvalue weighted by Crippen LogP contribution is 2.27. The molecular weight excluding hydrogens is 190 g/mol. The summed E-state index contributed by atoms with van der Waals surface area (Å²) in [6.07, 6.45) is 7.46. The maximum absolute atomic E-state index is 8.86. The molecule has 0 aliphatic carbocycles. The van der Waals surface area contributed by atoms with Gasteiger partial charge in [-0.05, 0) is 17.7 Å². The largest absolute Gasteiger partial charge is 0.192 e. The van der Waals surface area contributed by atoms with E-state index < -0.39 is 0 Å². The Morgan fingerprint density at radius 2 is 2.14 bits per heavy atom. The summed E-state index contributed by atoms with van der Waals surface area (Å²) in [5.41, 5.74) is 0. The third-order valence-corrected chi connectivity index (χ3v) is 2.75. The quantitative estimate of drug-likeness (QED) is 0.451. The molecule has 0 aliphatic rings. The fourth-order valence-corrected chi connectivity index (χ4v) is 1.90. The topological polar surface area (TPSA) is 23.8 Å². The van der Waals surface area contributed by atoms with E-state index in [1.54, 1.807) is 0 Å². The first-order valence-corrected chi connectivity index (χ1v) is 6.02. The summed E-state index contributed by atoms with van der Waals surface area (Å²) in [5.74, 6) is 0. The summed E-state index contributed by atoms with van der Waals surface area (Å²) >= 11 is 1.53. The first-order valence-electron chi connectivity index (χ1n) is 5.20. The lowest BCUT2D eigenvalue weighted by Crippen LogP contribution is -1.77. The van der Waals surface area contributed by atoms with Gasteiger partial charge in [0.05, 0.1) is 4.91 Å². The molecule has 0 radical (unpaired) electrons. The molecule has 0 aromatic carbocycles. The first-order chi connectivity index (χ1) is 6.74. The van der Waals surface area contributed by atoms with Crippen molar-refractivity contribution in [3.8, 4) is 6.07 Å². The maximum atomic E-state index is 8.86. The Bertz CT molecular complexity index is 235. The minimum atomic E-state index is 0.803. The molecule has 0 fully saturated rings. The molecule has 0 aromatic rings. The Hall–Kier alpha value is -0.680. The van der Waals surface area contributed by atoms with E-state index in [0.717, 1.165) is 35.5 Å². The average Bonchev–Trinajstić information content (AvgIpc) is 2.17. The molecule has 0 N–H and O–H groups in total. The molecule has 0 amide bonds. The van der Waals surface area contributed by atoms with Gasteiger partial charge in [-0.3, -0.25) is 0 Å². The number of nitriles is 1. The van der Waals surface area contributed by atoms with Crippen molar-refractivity contribution in [1.82, 2.24) is 0 Å². The van der Waals surface area contributed by atoms with E-state index in [4.69, 9.17) is 5.26 Å². The highest BCUT2D eigenvalue weighted by Gasteiger charge is 1.99. The van der Waals surface area contributed by atoms with Gasteiger partial charge in [-0.1, -0.05) is 57.5 Å². The van der Waals surface area contributed by atoms with Crippen molar-refractivity contribution in [3.63, 3.8) is 0 Å². The average molecular weight is 209 g/mol. The minimum Gasteiger partial charge on any atom is -0.192 e. The molecule has 0 unspecified atom stereocenters. The molecule has 0 aromatic heterocycles. The van der Waals surface area contributed by atoms with Crippen LogP contribution < -0.4 is 0 Å². The standard InChI is InChI=1S/C12H19NS/c1-4-6-7-9-12(10-13)14-11(3)8-5-2/h9H,3-8H2,1-2H3/b12-9-. The maximum Gasteiger partial charge on any atom is 0.106 e. The third-order valence-electron chi connectivity index (χ3n) is 1.78.